The summed E-state index contributed by atoms with van der Waals surface area (Å²) >= 11 is 0. The van der Waals surface area contributed by atoms with Crippen LogP contribution in [0.15, 0.2) is 36.4 Å². The third kappa shape index (κ3) is 5.46. The third-order valence-corrected chi connectivity index (χ3v) is 5.87. The number of piperidine rings is 1. The second-order valence-corrected chi connectivity index (χ2v) is 8.51. The molecule has 0 aliphatic carbocycles. The highest BCUT2D eigenvalue weighted by Gasteiger charge is 2.22. The van der Waals surface area contributed by atoms with Gasteiger partial charge in [0.2, 0.25) is 5.75 Å². The van der Waals surface area contributed by atoms with Crippen LogP contribution in [0.3, 0.4) is 0 Å². The van der Waals surface area contributed by atoms with Crippen molar-refractivity contribution in [1.82, 2.24) is 10.2 Å². The maximum absolute atomic E-state index is 5.61. The molecule has 3 rings (SSSR count). The first kappa shape index (κ1) is 22.4. The molecule has 2 aromatic rings. The molecule has 0 unspecified atom stereocenters. The Morgan fingerprint density at radius 2 is 1.43 bits per heavy atom. The highest BCUT2D eigenvalue weighted by molar-refractivity contribution is 5.55. The van der Waals surface area contributed by atoms with Crippen molar-refractivity contribution in [2.75, 3.05) is 34.4 Å². The van der Waals surface area contributed by atoms with Gasteiger partial charge in [-0.3, -0.25) is 4.90 Å². The average molecular weight is 413 g/mol. The summed E-state index contributed by atoms with van der Waals surface area (Å²) in [4.78, 5) is 2.61. The summed E-state index contributed by atoms with van der Waals surface area (Å²) in [7, 11) is 4.93. The van der Waals surface area contributed by atoms with Crippen LogP contribution in [0.1, 0.15) is 37.0 Å². The van der Waals surface area contributed by atoms with Crippen LogP contribution in [-0.4, -0.2) is 39.3 Å². The number of methoxy groups -OCH3 is 3. The van der Waals surface area contributed by atoms with Crippen LogP contribution in [-0.2, 0) is 19.6 Å². The zero-order valence-electron chi connectivity index (χ0n) is 19.0. The molecule has 1 fully saturated rings. The lowest BCUT2D eigenvalue weighted by Crippen LogP contribution is -2.38. The predicted octanol–water partition coefficient (Wildman–Crippen LogP) is 4.48. The molecule has 0 aromatic heterocycles. The number of hydrogen-bond acceptors (Lipinski definition) is 5. The zero-order chi connectivity index (χ0) is 21.5. The Hall–Kier alpha value is -2.24. The molecule has 2 atom stereocenters. The Balaban J connectivity index is 1.66. The van der Waals surface area contributed by atoms with Gasteiger partial charge in [0.15, 0.2) is 11.5 Å². The van der Waals surface area contributed by atoms with E-state index in [1.54, 1.807) is 21.3 Å². The summed E-state index contributed by atoms with van der Waals surface area (Å²) in [6, 6.07) is 12.7. The molecule has 0 bridgehead atoms. The fraction of sp³-hybridized carbons (Fsp3) is 0.520. The van der Waals surface area contributed by atoms with Crippen molar-refractivity contribution in [3.63, 3.8) is 0 Å². The van der Waals surface area contributed by atoms with Gasteiger partial charge in [0.05, 0.1) is 21.3 Å². The van der Waals surface area contributed by atoms with E-state index in [-0.39, 0.29) is 0 Å². The Morgan fingerprint density at radius 1 is 0.800 bits per heavy atom. The molecule has 1 N–H and O–H groups in total. The maximum Gasteiger partial charge on any atom is 0.203 e. The summed E-state index contributed by atoms with van der Waals surface area (Å²) in [5.74, 6) is 3.57. The lowest BCUT2D eigenvalue weighted by Gasteiger charge is -2.35. The maximum atomic E-state index is 5.61. The van der Waals surface area contributed by atoms with Gasteiger partial charge in [0.1, 0.15) is 0 Å². The monoisotopic (exact) mass is 412 g/mol. The van der Waals surface area contributed by atoms with Gasteiger partial charge in [-0.25, -0.2) is 0 Å². The molecule has 5 nitrogen and oxygen atoms in total. The van der Waals surface area contributed by atoms with E-state index in [0.29, 0.717) is 23.8 Å². The average Bonchev–Trinajstić information content (AvgIpc) is 2.73. The van der Waals surface area contributed by atoms with Gasteiger partial charge in [-0.05, 0) is 35.4 Å². The number of rotatable bonds is 9. The number of benzene rings is 2. The number of likely N-dealkylation sites (tertiary alicyclic amines) is 1. The largest absolute Gasteiger partial charge is 0.493 e. The van der Waals surface area contributed by atoms with Crippen molar-refractivity contribution in [2.45, 2.75) is 39.9 Å². The van der Waals surface area contributed by atoms with Gasteiger partial charge >= 0.3 is 0 Å². The molecule has 0 radical (unpaired) electrons. The predicted molar refractivity (Wildman–Crippen MR) is 121 cm³/mol. The summed E-state index contributed by atoms with van der Waals surface area (Å²) in [5, 5.41) is 3.58. The molecule has 1 aliphatic heterocycles. The summed E-state index contributed by atoms with van der Waals surface area (Å²) < 4.78 is 16.5. The van der Waals surface area contributed by atoms with Crippen LogP contribution in [0.25, 0.3) is 0 Å². The SMILES string of the molecule is COc1ccc(CNCc2ccccc2CN2C[C@H](C)C[C@H](C)C2)c(OC)c1OC. The molecule has 0 amide bonds. The topological polar surface area (TPSA) is 43.0 Å². The molecule has 0 saturated carbocycles. The molecule has 30 heavy (non-hydrogen) atoms. The summed E-state index contributed by atoms with van der Waals surface area (Å²) in [6.07, 6.45) is 1.34. The molecule has 5 heteroatoms. The van der Waals surface area contributed by atoms with Crippen molar-refractivity contribution < 1.29 is 14.2 Å². The van der Waals surface area contributed by atoms with Crippen molar-refractivity contribution in [1.29, 1.82) is 0 Å². The first-order chi connectivity index (χ1) is 14.5. The summed E-state index contributed by atoms with van der Waals surface area (Å²) in [5.41, 5.74) is 3.81. The standard InChI is InChI=1S/C25H36N2O3/c1-18-12-19(2)16-27(15-18)17-22-9-7-6-8-20(22)13-26-14-21-10-11-23(28-3)25(30-5)24(21)29-4/h6-11,18-19,26H,12-17H2,1-5H3/t18-,19+. The van der Waals surface area contributed by atoms with Gasteiger partial charge in [-0.1, -0.05) is 44.2 Å². The number of nitrogens with zero attached hydrogens (tertiary/aromatic N) is 1. The van der Waals surface area contributed by atoms with Gasteiger partial charge in [0, 0.05) is 38.3 Å². The third-order valence-electron chi connectivity index (χ3n) is 5.87. The van der Waals surface area contributed by atoms with Crippen molar-refractivity contribution in [3.8, 4) is 17.2 Å². The lowest BCUT2D eigenvalue weighted by molar-refractivity contribution is 0.134. The van der Waals surface area contributed by atoms with E-state index in [1.807, 2.05) is 12.1 Å². The zero-order valence-corrected chi connectivity index (χ0v) is 19.0. The van der Waals surface area contributed by atoms with Crippen LogP contribution < -0.4 is 19.5 Å². The molecular formula is C25H36N2O3. The highest BCUT2D eigenvalue weighted by Crippen LogP contribution is 2.39. The van der Waals surface area contributed by atoms with E-state index in [2.05, 4.69) is 48.3 Å². The van der Waals surface area contributed by atoms with Crippen molar-refractivity contribution >= 4 is 0 Å². The number of ether oxygens (including phenoxy) is 3. The molecule has 1 saturated heterocycles. The minimum absolute atomic E-state index is 0.632. The molecular weight excluding hydrogens is 376 g/mol. The van der Waals surface area contributed by atoms with Gasteiger partial charge in [-0.2, -0.15) is 0 Å². The number of hydrogen-bond donors (Lipinski definition) is 1. The number of nitrogens with one attached hydrogen (secondary N) is 1. The van der Waals surface area contributed by atoms with E-state index in [0.717, 1.165) is 30.5 Å². The Morgan fingerprint density at radius 3 is 2.07 bits per heavy atom. The second-order valence-electron chi connectivity index (χ2n) is 8.51. The summed E-state index contributed by atoms with van der Waals surface area (Å²) in [6.45, 7) is 9.64. The second kappa shape index (κ2) is 10.7. The van der Waals surface area contributed by atoms with Crippen molar-refractivity contribution in [2.24, 2.45) is 11.8 Å². The van der Waals surface area contributed by atoms with Gasteiger partial charge in [0.25, 0.3) is 0 Å². The molecule has 0 spiro atoms. The molecule has 1 heterocycles. The van der Waals surface area contributed by atoms with Gasteiger partial charge < -0.3 is 19.5 Å². The molecule has 1 aliphatic rings. The molecule has 164 valence electrons. The van der Waals surface area contributed by atoms with Crippen LogP contribution >= 0.6 is 0 Å². The minimum atomic E-state index is 0.632. The minimum Gasteiger partial charge on any atom is -0.493 e. The van der Waals surface area contributed by atoms with E-state index in [1.165, 1.54) is 30.6 Å². The smallest absolute Gasteiger partial charge is 0.203 e. The fourth-order valence-corrected chi connectivity index (χ4v) is 4.68. The lowest BCUT2D eigenvalue weighted by atomic mass is 9.91. The van der Waals surface area contributed by atoms with Crippen molar-refractivity contribution in [3.05, 3.63) is 53.1 Å². The van der Waals surface area contributed by atoms with E-state index in [9.17, 15) is 0 Å². The Bertz CT molecular complexity index is 814. The highest BCUT2D eigenvalue weighted by atomic mass is 16.5. The quantitative estimate of drug-likeness (QED) is 0.658. The first-order valence-corrected chi connectivity index (χ1v) is 10.8. The Labute approximate surface area is 181 Å². The van der Waals surface area contributed by atoms with E-state index in [4.69, 9.17) is 14.2 Å². The van der Waals surface area contributed by atoms with Crippen LogP contribution in [0.2, 0.25) is 0 Å². The van der Waals surface area contributed by atoms with Crippen LogP contribution in [0.5, 0.6) is 17.2 Å². The van der Waals surface area contributed by atoms with E-state index >= 15 is 0 Å². The Kier molecular flexibility index (Phi) is 8.00. The first-order valence-electron chi connectivity index (χ1n) is 10.8. The van der Waals surface area contributed by atoms with E-state index < -0.39 is 0 Å². The fourth-order valence-electron chi connectivity index (χ4n) is 4.68. The molecule has 2 aromatic carbocycles. The normalized spacial score (nSPS) is 19.5. The van der Waals surface area contributed by atoms with Gasteiger partial charge in [-0.15, -0.1) is 0 Å². The van der Waals surface area contributed by atoms with Crippen LogP contribution in [0.4, 0.5) is 0 Å². The van der Waals surface area contributed by atoms with Crippen LogP contribution in [0, 0.1) is 11.8 Å².